The van der Waals surface area contributed by atoms with Gasteiger partial charge in [-0.05, 0) is 42.8 Å². The number of ether oxygens (including phenoxy) is 2. The van der Waals surface area contributed by atoms with Crippen LogP contribution in [-0.4, -0.2) is 40.3 Å². The maximum Gasteiger partial charge on any atom is 0.244 e. The number of aryl methyl sites for hydroxylation is 1. The van der Waals surface area contributed by atoms with Crippen molar-refractivity contribution >= 4 is 5.91 Å². The Morgan fingerprint density at radius 1 is 1.18 bits per heavy atom. The van der Waals surface area contributed by atoms with Gasteiger partial charge < -0.3 is 14.8 Å². The molecule has 1 atom stereocenters. The highest BCUT2D eigenvalue weighted by Crippen LogP contribution is 2.29. The molecule has 0 aliphatic heterocycles. The van der Waals surface area contributed by atoms with E-state index in [4.69, 9.17) is 9.47 Å². The molecule has 0 bridgehead atoms. The van der Waals surface area contributed by atoms with E-state index in [1.165, 1.54) is 4.80 Å². The highest BCUT2D eigenvalue weighted by molar-refractivity contribution is 5.76. The quantitative estimate of drug-likeness (QED) is 0.676. The van der Waals surface area contributed by atoms with Crippen molar-refractivity contribution in [2.45, 2.75) is 26.4 Å². The van der Waals surface area contributed by atoms with Crippen LogP contribution in [0, 0.1) is 6.92 Å². The van der Waals surface area contributed by atoms with Gasteiger partial charge in [0.1, 0.15) is 18.0 Å². The molecule has 8 heteroatoms. The van der Waals surface area contributed by atoms with Crippen molar-refractivity contribution in [3.05, 3.63) is 53.6 Å². The Balaban J connectivity index is 1.69. The fourth-order valence-corrected chi connectivity index (χ4v) is 2.91. The fourth-order valence-electron chi connectivity index (χ4n) is 2.91. The second-order valence-electron chi connectivity index (χ2n) is 6.36. The number of methoxy groups -OCH3 is 2. The monoisotopic (exact) mass is 381 g/mol. The molecule has 28 heavy (non-hydrogen) atoms. The van der Waals surface area contributed by atoms with E-state index in [9.17, 15) is 4.79 Å². The zero-order valence-electron chi connectivity index (χ0n) is 16.3. The lowest BCUT2D eigenvalue weighted by Gasteiger charge is -2.18. The normalized spacial score (nSPS) is 11.7. The number of hydrogen-bond acceptors (Lipinski definition) is 6. The van der Waals surface area contributed by atoms with Crippen LogP contribution in [0.1, 0.15) is 24.1 Å². The molecule has 2 aromatic carbocycles. The first-order chi connectivity index (χ1) is 13.5. The van der Waals surface area contributed by atoms with Crippen LogP contribution >= 0.6 is 0 Å². The predicted molar refractivity (Wildman–Crippen MR) is 104 cm³/mol. The van der Waals surface area contributed by atoms with Crippen LogP contribution in [0.2, 0.25) is 0 Å². The highest BCUT2D eigenvalue weighted by Gasteiger charge is 2.17. The second-order valence-corrected chi connectivity index (χ2v) is 6.36. The van der Waals surface area contributed by atoms with Gasteiger partial charge in [-0.2, -0.15) is 4.80 Å². The molecule has 0 unspecified atom stereocenters. The fraction of sp³-hybridized carbons (Fsp3) is 0.300. The number of aromatic nitrogens is 4. The molecule has 0 saturated heterocycles. The van der Waals surface area contributed by atoms with Crippen LogP contribution in [0.25, 0.3) is 11.4 Å². The van der Waals surface area contributed by atoms with Crippen LogP contribution in [0.3, 0.4) is 0 Å². The maximum absolute atomic E-state index is 12.5. The summed E-state index contributed by atoms with van der Waals surface area (Å²) in [5.74, 6) is 1.63. The average molecular weight is 381 g/mol. The van der Waals surface area contributed by atoms with Crippen LogP contribution < -0.4 is 14.8 Å². The molecule has 0 aliphatic rings. The van der Waals surface area contributed by atoms with Gasteiger partial charge in [-0.3, -0.25) is 4.79 Å². The zero-order chi connectivity index (χ0) is 20.1. The summed E-state index contributed by atoms with van der Waals surface area (Å²) in [5, 5.41) is 15.3. The summed E-state index contributed by atoms with van der Waals surface area (Å²) in [6, 6.07) is 12.9. The smallest absolute Gasteiger partial charge is 0.244 e. The van der Waals surface area contributed by atoms with Crippen LogP contribution in [-0.2, 0) is 11.3 Å². The maximum atomic E-state index is 12.5. The van der Waals surface area contributed by atoms with Crippen LogP contribution in [0.15, 0.2) is 42.5 Å². The average Bonchev–Trinajstić information content (AvgIpc) is 3.15. The number of carbonyl (C=O) groups excluding carboxylic acids is 1. The molecule has 0 fully saturated rings. The minimum Gasteiger partial charge on any atom is -0.497 e. The van der Waals surface area contributed by atoms with Gasteiger partial charge in [0.25, 0.3) is 0 Å². The number of carbonyl (C=O) groups is 1. The number of tetrazole rings is 1. The van der Waals surface area contributed by atoms with E-state index in [0.29, 0.717) is 17.3 Å². The summed E-state index contributed by atoms with van der Waals surface area (Å²) in [6.07, 6.45) is 0. The number of nitrogens with one attached hydrogen (secondary N) is 1. The SMILES string of the molecule is COc1ccc(OC)c([C@@H](C)NC(=O)Cn2nnc(-c3ccccc3C)n2)c1. The summed E-state index contributed by atoms with van der Waals surface area (Å²) in [4.78, 5) is 13.7. The van der Waals surface area contributed by atoms with E-state index in [2.05, 4.69) is 20.7 Å². The molecule has 0 radical (unpaired) electrons. The molecule has 1 aromatic heterocycles. The minimum absolute atomic E-state index is 0.0322. The largest absolute Gasteiger partial charge is 0.497 e. The van der Waals surface area contributed by atoms with Gasteiger partial charge in [0, 0.05) is 11.1 Å². The summed E-state index contributed by atoms with van der Waals surface area (Å²) < 4.78 is 10.6. The number of hydrogen-bond donors (Lipinski definition) is 1. The van der Waals surface area contributed by atoms with Gasteiger partial charge in [0.15, 0.2) is 0 Å². The second kappa shape index (κ2) is 8.51. The van der Waals surface area contributed by atoms with Crippen LogP contribution in [0.5, 0.6) is 11.5 Å². The molecule has 0 saturated carbocycles. The number of nitrogens with zero attached hydrogens (tertiary/aromatic N) is 4. The molecular weight excluding hydrogens is 358 g/mol. The molecule has 146 valence electrons. The molecular formula is C20H23N5O3. The molecule has 8 nitrogen and oxygen atoms in total. The van der Waals surface area contributed by atoms with Crippen LogP contribution in [0.4, 0.5) is 0 Å². The third kappa shape index (κ3) is 4.28. The zero-order valence-corrected chi connectivity index (χ0v) is 16.3. The molecule has 1 heterocycles. The van der Waals surface area contributed by atoms with Crippen molar-refractivity contribution in [2.75, 3.05) is 14.2 Å². The highest BCUT2D eigenvalue weighted by atomic mass is 16.5. The third-order valence-electron chi connectivity index (χ3n) is 4.40. The third-order valence-corrected chi connectivity index (χ3v) is 4.40. The predicted octanol–water partition coefficient (Wildman–Crippen LogP) is 2.54. The van der Waals surface area contributed by atoms with Gasteiger partial charge in [-0.1, -0.05) is 24.3 Å². The van der Waals surface area contributed by atoms with Gasteiger partial charge in [0.05, 0.1) is 20.3 Å². The molecule has 3 rings (SSSR count). The lowest BCUT2D eigenvalue weighted by molar-refractivity contribution is -0.122. The Bertz CT molecular complexity index is 970. The van der Waals surface area contributed by atoms with E-state index in [1.54, 1.807) is 14.2 Å². The van der Waals surface area contributed by atoms with Gasteiger partial charge in [-0.25, -0.2) is 0 Å². The molecule has 0 spiro atoms. The van der Waals surface area contributed by atoms with Gasteiger partial charge in [-0.15, -0.1) is 10.2 Å². The Kier molecular flexibility index (Phi) is 5.88. The molecule has 1 N–H and O–H groups in total. The number of rotatable bonds is 7. The van der Waals surface area contributed by atoms with Crippen molar-refractivity contribution in [3.63, 3.8) is 0 Å². The standard InChI is InChI=1S/C20H23N5O3/c1-13-7-5-6-8-16(13)20-22-24-25(23-20)12-19(26)21-14(2)17-11-15(27-3)9-10-18(17)28-4/h5-11,14H,12H2,1-4H3,(H,21,26)/t14-/m1/s1. The summed E-state index contributed by atoms with van der Waals surface area (Å²) >= 11 is 0. The topological polar surface area (TPSA) is 91.2 Å². The van der Waals surface area contributed by atoms with Gasteiger partial charge in [0.2, 0.25) is 11.7 Å². The van der Waals surface area contributed by atoms with E-state index >= 15 is 0 Å². The number of benzene rings is 2. The molecule has 0 aliphatic carbocycles. The lowest BCUT2D eigenvalue weighted by atomic mass is 10.1. The minimum atomic E-state index is -0.281. The Hall–Kier alpha value is -3.42. The Morgan fingerprint density at radius 2 is 1.96 bits per heavy atom. The molecule has 1 amide bonds. The van der Waals surface area contributed by atoms with Gasteiger partial charge >= 0.3 is 0 Å². The Morgan fingerprint density at radius 3 is 2.68 bits per heavy atom. The van der Waals surface area contributed by atoms with Crippen molar-refractivity contribution in [3.8, 4) is 22.9 Å². The van der Waals surface area contributed by atoms with E-state index in [-0.39, 0.29) is 18.5 Å². The first kappa shape index (κ1) is 19.3. The lowest BCUT2D eigenvalue weighted by Crippen LogP contribution is -2.31. The van der Waals surface area contributed by atoms with E-state index < -0.39 is 0 Å². The van der Waals surface area contributed by atoms with Crippen molar-refractivity contribution in [1.29, 1.82) is 0 Å². The molecule has 3 aromatic rings. The van der Waals surface area contributed by atoms with Crippen molar-refractivity contribution in [2.24, 2.45) is 0 Å². The number of amides is 1. The first-order valence-electron chi connectivity index (χ1n) is 8.87. The van der Waals surface area contributed by atoms with Crippen molar-refractivity contribution < 1.29 is 14.3 Å². The van der Waals surface area contributed by atoms with Crippen molar-refractivity contribution in [1.82, 2.24) is 25.5 Å². The summed E-state index contributed by atoms with van der Waals surface area (Å²) in [7, 11) is 3.18. The van der Waals surface area contributed by atoms with E-state index in [1.807, 2.05) is 56.3 Å². The van der Waals surface area contributed by atoms with E-state index in [0.717, 1.165) is 16.7 Å². The Labute approximate surface area is 163 Å². The summed E-state index contributed by atoms with van der Waals surface area (Å²) in [6.45, 7) is 3.82. The first-order valence-corrected chi connectivity index (χ1v) is 8.87. The summed E-state index contributed by atoms with van der Waals surface area (Å²) in [5.41, 5.74) is 2.76.